The number of aromatic carboxylic acids is 1. The van der Waals surface area contributed by atoms with Crippen LogP contribution in [0.2, 0.25) is 0 Å². The largest absolute Gasteiger partial charge is 0.477 e. The molecule has 0 aliphatic heterocycles. The van der Waals surface area contributed by atoms with Crippen LogP contribution in [0.3, 0.4) is 0 Å². The third-order valence-electron chi connectivity index (χ3n) is 3.43. The van der Waals surface area contributed by atoms with Gasteiger partial charge >= 0.3 is 5.97 Å². The van der Waals surface area contributed by atoms with Crippen molar-refractivity contribution in [2.75, 3.05) is 12.8 Å². The van der Waals surface area contributed by atoms with E-state index in [1.165, 1.54) is 12.1 Å². The highest BCUT2D eigenvalue weighted by Crippen LogP contribution is 2.17. The zero-order chi connectivity index (χ0) is 18.4. The fourth-order valence-corrected chi connectivity index (χ4v) is 3.60. The molecule has 0 aliphatic rings. The smallest absolute Gasteiger partial charge is 0.345 e. The summed E-state index contributed by atoms with van der Waals surface area (Å²) in [5.41, 5.74) is 0. The zero-order valence-electron chi connectivity index (χ0n) is 14.5. The van der Waals surface area contributed by atoms with E-state index in [9.17, 15) is 9.59 Å². The first kappa shape index (κ1) is 19.5. The van der Waals surface area contributed by atoms with Crippen LogP contribution >= 0.6 is 23.1 Å². The van der Waals surface area contributed by atoms with Gasteiger partial charge in [-0.25, -0.2) is 4.79 Å². The van der Waals surface area contributed by atoms with Gasteiger partial charge in [-0.15, -0.1) is 21.5 Å². The first-order valence-electron chi connectivity index (χ1n) is 7.99. The first-order chi connectivity index (χ1) is 11.9. The second-order valence-electron chi connectivity index (χ2n) is 5.94. The molecule has 2 N–H and O–H groups in total. The maximum absolute atomic E-state index is 12.0. The van der Waals surface area contributed by atoms with E-state index >= 15 is 0 Å². The fraction of sp³-hybridized carbons (Fsp3) is 0.500. The van der Waals surface area contributed by atoms with Gasteiger partial charge in [-0.05, 0) is 30.7 Å². The van der Waals surface area contributed by atoms with Crippen molar-refractivity contribution in [2.45, 2.75) is 38.4 Å². The number of amides is 1. The Bertz CT molecular complexity index is 740. The molecule has 0 spiro atoms. The third-order valence-corrected chi connectivity index (χ3v) is 5.17. The topological polar surface area (TPSA) is 97.1 Å². The number of hydrogen-bond donors (Lipinski definition) is 2. The Labute approximate surface area is 154 Å². The van der Waals surface area contributed by atoms with Crippen LogP contribution in [0.25, 0.3) is 0 Å². The average Bonchev–Trinajstić information content (AvgIpc) is 3.18. The molecule has 0 aliphatic carbocycles. The summed E-state index contributed by atoms with van der Waals surface area (Å²) in [5.74, 6) is 0.170. The van der Waals surface area contributed by atoms with Gasteiger partial charge in [0.1, 0.15) is 10.7 Å². The molecule has 0 saturated carbocycles. The monoisotopic (exact) mass is 382 g/mol. The Balaban J connectivity index is 1.85. The van der Waals surface area contributed by atoms with E-state index < -0.39 is 5.97 Å². The van der Waals surface area contributed by atoms with Crippen LogP contribution in [-0.2, 0) is 13.0 Å². The van der Waals surface area contributed by atoms with Gasteiger partial charge < -0.3 is 15.0 Å². The van der Waals surface area contributed by atoms with Crippen molar-refractivity contribution in [3.05, 3.63) is 27.7 Å². The molecule has 0 aromatic carbocycles. The Hall–Kier alpha value is -1.87. The number of carboxylic acid groups (broad SMARTS) is 1. The lowest BCUT2D eigenvalue weighted by atomic mass is 10.2. The van der Waals surface area contributed by atoms with E-state index in [1.807, 2.05) is 6.26 Å². The number of aromatic nitrogens is 3. The second kappa shape index (κ2) is 9.00. The van der Waals surface area contributed by atoms with Gasteiger partial charge in [0.05, 0.1) is 4.88 Å². The molecule has 2 aromatic rings. The number of thiophene rings is 1. The first-order valence-corrected chi connectivity index (χ1v) is 10.0. The van der Waals surface area contributed by atoms with E-state index in [-0.39, 0.29) is 10.8 Å². The summed E-state index contributed by atoms with van der Waals surface area (Å²) in [4.78, 5) is 23.4. The summed E-state index contributed by atoms with van der Waals surface area (Å²) in [6.07, 6.45) is 3.45. The van der Waals surface area contributed by atoms with Crippen LogP contribution in [-0.4, -0.2) is 44.5 Å². The van der Waals surface area contributed by atoms with E-state index in [1.54, 1.807) is 11.8 Å². The van der Waals surface area contributed by atoms with Gasteiger partial charge in [0.2, 0.25) is 0 Å². The number of nitrogens with one attached hydrogen (secondary N) is 1. The van der Waals surface area contributed by atoms with Crippen LogP contribution in [0.5, 0.6) is 0 Å². The van der Waals surface area contributed by atoms with Crippen molar-refractivity contribution in [3.8, 4) is 0 Å². The second-order valence-corrected chi connectivity index (χ2v) is 7.79. The Morgan fingerprint density at radius 1 is 1.32 bits per heavy atom. The Morgan fingerprint density at radius 2 is 2.04 bits per heavy atom. The van der Waals surface area contributed by atoms with Crippen LogP contribution in [0.15, 0.2) is 17.3 Å². The van der Waals surface area contributed by atoms with E-state index in [0.717, 1.165) is 41.7 Å². The average molecular weight is 383 g/mol. The number of hydrogen-bond acceptors (Lipinski definition) is 6. The molecule has 2 aromatic heterocycles. The van der Waals surface area contributed by atoms with Crippen LogP contribution in [0.1, 0.15) is 45.4 Å². The van der Waals surface area contributed by atoms with Crippen molar-refractivity contribution >= 4 is 35.0 Å². The summed E-state index contributed by atoms with van der Waals surface area (Å²) >= 11 is 2.56. The highest BCUT2D eigenvalue weighted by Gasteiger charge is 2.14. The fourth-order valence-electron chi connectivity index (χ4n) is 2.31. The van der Waals surface area contributed by atoms with E-state index in [0.29, 0.717) is 17.3 Å². The predicted octanol–water partition coefficient (Wildman–Crippen LogP) is 2.78. The Kier molecular flexibility index (Phi) is 7.01. The molecule has 0 saturated heterocycles. The van der Waals surface area contributed by atoms with E-state index in [4.69, 9.17) is 5.11 Å². The van der Waals surface area contributed by atoms with Crippen molar-refractivity contribution in [1.82, 2.24) is 20.1 Å². The molecule has 25 heavy (non-hydrogen) atoms. The minimum Gasteiger partial charge on any atom is -0.477 e. The number of carbonyl (C=O) groups excluding carboxylic acids is 1. The van der Waals surface area contributed by atoms with Gasteiger partial charge in [-0.3, -0.25) is 4.79 Å². The zero-order valence-corrected chi connectivity index (χ0v) is 16.1. The standard InChI is InChI=1S/C16H22N4O3S2/c1-10(2)9-20-13(18-19-16(20)24-3)5-4-8-17-14(21)11-6-7-12(25-11)15(22)23/h6-7,10H,4-5,8-9H2,1-3H3,(H,17,21)(H,22,23). The molecule has 2 heterocycles. The molecule has 7 nitrogen and oxygen atoms in total. The number of carboxylic acids is 1. The van der Waals surface area contributed by atoms with Crippen LogP contribution < -0.4 is 5.32 Å². The maximum Gasteiger partial charge on any atom is 0.345 e. The third kappa shape index (κ3) is 5.30. The lowest BCUT2D eigenvalue weighted by Crippen LogP contribution is -2.24. The summed E-state index contributed by atoms with van der Waals surface area (Å²) < 4.78 is 2.13. The van der Waals surface area contributed by atoms with Crippen molar-refractivity contribution in [3.63, 3.8) is 0 Å². The molecule has 0 atom stereocenters. The number of thioether (sulfide) groups is 1. The van der Waals surface area contributed by atoms with Gasteiger partial charge in [-0.1, -0.05) is 25.6 Å². The van der Waals surface area contributed by atoms with Crippen molar-refractivity contribution < 1.29 is 14.7 Å². The lowest BCUT2D eigenvalue weighted by molar-refractivity contribution is 0.0702. The normalized spacial score (nSPS) is 11.0. The summed E-state index contributed by atoms with van der Waals surface area (Å²) in [6.45, 7) is 5.68. The highest BCUT2D eigenvalue weighted by atomic mass is 32.2. The molecular weight excluding hydrogens is 360 g/mol. The number of nitrogens with zero attached hydrogens (tertiary/aromatic N) is 3. The predicted molar refractivity (Wildman–Crippen MR) is 98.6 cm³/mol. The van der Waals surface area contributed by atoms with Gasteiger partial charge in [0, 0.05) is 19.5 Å². The van der Waals surface area contributed by atoms with E-state index in [2.05, 4.69) is 33.9 Å². The highest BCUT2D eigenvalue weighted by molar-refractivity contribution is 7.98. The molecule has 136 valence electrons. The molecule has 0 radical (unpaired) electrons. The maximum atomic E-state index is 12.0. The van der Waals surface area contributed by atoms with Gasteiger partial charge in [-0.2, -0.15) is 0 Å². The summed E-state index contributed by atoms with van der Waals surface area (Å²) in [6, 6.07) is 2.98. The van der Waals surface area contributed by atoms with Gasteiger partial charge in [0.15, 0.2) is 5.16 Å². The van der Waals surface area contributed by atoms with Crippen LogP contribution in [0, 0.1) is 5.92 Å². The number of rotatable bonds is 9. The van der Waals surface area contributed by atoms with Gasteiger partial charge in [0.25, 0.3) is 5.91 Å². The number of carbonyl (C=O) groups is 2. The molecular formula is C16H22N4O3S2. The molecule has 9 heteroatoms. The summed E-state index contributed by atoms with van der Waals surface area (Å²) in [5, 5.41) is 21.1. The molecule has 2 rings (SSSR count). The SMILES string of the molecule is CSc1nnc(CCCNC(=O)c2ccc(C(=O)O)s2)n1CC(C)C. The molecule has 0 fully saturated rings. The van der Waals surface area contributed by atoms with Crippen LogP contribution in [0.4, 0.5) is 0 Å². The van der Waals surface area contributed by atoms with Crippen molar-refractivity contribution in [2.24, 2.45) is 5.92 Å². The molecule has 0 unspecified atom stereocenters. The molecule has 0 bridgehead atoms. The Morgan fingerprint density at radius 3 is 2.64 bits per heavy atom. The summed E-state index contributed by atoms with van der Waals surface area (Å²) in [7, 11) is 0. The quantitative estimate of drug-likeness (QED) is 0.511. The number of aryl methyl sites for hydroxylation is 1. The minimum absolute atomic E-state index is 0.163. The minimum atomic E-state index is -1.02. The lowest BCUT2D eigenvalue weighted by Gasteiger charge is -2.11. The molecule has 1 amide bonds. The van der Waals surface area contributed by atoms with Crippen molar-refractivity contribution in [1.29, 1.82) is 0 Å².